The molecule has 4 atom stereocenters. The van der Waals surface area contributed by atoms with Crippen LogP contribution in [0.4, 0.5) is 29.3 Å². The van der Waals surface area contributed by atoms with Crippen LogP contribution in [0.5, 0.6) is 11.5 Å². The summed E-state index contributed by atoms with van der Waals surface area (Å²) < 4.78 is 84.8. The molecule has 290 valence electrons. The number of aliphatic hydroxyl groups excluding tert-OH is 1. The third-order valence-electron chi connectivity index (χ3n) is 8.98. The molecule has 16 heteroatoms. The second-order valence-electron chi connectivity index (χ2n) is 13.1. The molecule has 1 heterocycles. The Labute approximate surface area is 308 Å². The fourth-order valence-electron chi connectivity index (χ4n) is 5.78. The number of hydrogen-bond donors (Lipinski definition) is 3. The molecule has 53 heavy (non-hydrogen) atoms. The van der Waals surface area contributed by atoms with Crippen molar-refractivity contribution in [3.8, 4) is 11.5 Å². The number of amides is 3. The molecule has 3 aromatic carbocycles. The molecule has 12 nitrogen and oxygen atoms in total. The third-order valence-corrected chi connectivity index (χ3v) is 10.8. The Bertz CT molecular complexity index is 1790. The first-order valence-electron chi connectivity index (χ1n) is 17.2. The maximum absolute atomic E-state index is 14.4. The SMILES string of the molecule is COc1ccc(S(=O)(=O)N(C)C[C@H]2OCCCC[C@H](C)Oc3ccc(NC(=O)Nc4ccc(C(F)(F)F)cc4)cc3C(=O)N([C@H](C)CO)C[C@@H]2C)cc1. The standard InChI is InChI=1S/C37H47F3N4O8S/c1-24-21-44(25(2)23-45)35(46)32-20-29(42-36(47)41-28-11-9-27(10-12-28)37(38,39)40)13-18-33(32)52-26(3)8-6-7-19-51-34(24)22-43(4)53(48,49)31-16-14-30(50-5)15-17-31/h9-18,20,24-26,34,45H,6-8,19,21-23H2,1-5H3,(H2,41,42,47)/t24-,25+,26-,34+/m0/s1. The van der Waals surface area contributed by atoms with Crippen LogP contribution < -0.4 is 20.1 Å². The van der Waals surface area contributed by atoms with Crippen LogP contribution in [0.3, 0.4) is 0 Å². The molecule has 0 unspecified atom stereocenters. The first-order chi connectivity index (χ1) is 25.0. The summed E-state index contributed by atoms with van der Waals surface area (Å²) in [6.07, 6.45) is -3.45. The summed E-state index contributed by atoms with van der Waals surface area (Å²) in [6, 6.07) is 13.1. The van der Waals surface area contributed by atoms with E-state index in [0.29, 0.717) is 25.2 Å². The zero-order chi connectivity index (χ0) is 38.9. The van der Waals surface area contributed by atoms with Crippen molar-refractivity contribution >= 4 is 33.3 Å². The second kappa shape index (κ2) is 18.1. The summed E-state index contributed by atoms with van der Waals surface area (Å²) in [5.74, 6) is -0.150. The van der Waals surface area contributed by atoms with Crippen molar-refractivity contribution in [2.75, 3.05) is 51.1 Å². The van der Waals surface area contributed by atoms with Gasteiger partial charge >= 0.3 is 12.2 Å². The molecular weight excluding hydrogens is 717 g/mol. The van der Waals surface area contributed by atoms with Crippen LogP contribution in [0.25, 0.3) is 0 Å². The Morgan fingerprint density at radius 1 is 1.04 bits per heavy atom. The monoisotopic (exact) mass is 764 g/mol. The van der Waals surface area contributed by atoms with Gasteiger partial charge < -0.3 is 34.9 Å². The van der Waals surface area contributed by atoms with Crippen molar-refractivity contribution in [3.05, 3.63) is 77.9 Å². The summed E-state index contributed by atoms with van der Waals surface area (Å²) in [4.78, 5) is 28.8. The fourth-order valence-corrected chi connectivity index (χ4v) is 6.96. The molecule has 4 rings (SSSR count). The summed E-state index contributed by atoms with van der Waals surface area (Å²) in [5.41, 5.74) is -0.430. The number of nitrogens with zero attached hydrogens (tertiary/aromatic N) is 2. The first-order valence-corrected chi connectivity index (χ1v) is 18.7. The van der Waals surface area contributed by atoms with Gasteiger partial charge in [-0.05, 0) is 99.8 Å². The van der Waals surface area contributed by atoms with E-state index in [0.717, 1.165) is 30.7 Å². The molecule has 0 radical (unpaired) electrons. The molecular formula is C37H47F3N4O8S. The fraction of sp³-hybridized carbons (Fsp3) is 0.459. The van der Waals surface area contributed by atoms with Crippen LogP contribution in [0, 0.1) is 5.92 Å². The number of alkyl halides is 3. The van der Waals surface area contributed by atoms with E-state index in [1.165, 1.54) is 41.6 Å². The normalized spacial score (nSPS) is 19.8. The minimum absolute atomic E-state index is 0.0106. The summed E-state index contributed by atoms with van der Waals surface area (Å²) in [6.45, 7) is 5.41. The van der Waals surface area contributed by atoms with Gasteiger partial charge in [-0.1, -0.05) is 6.92 Å². The molecule has 0 aliphatic carbocycles. The van der Waals surface area contributed by atoms with Crippen LogP contribution in [-0.4, -0.2) is 93.4 Å². The Hall–Kier alpha value is -4.38. The number of methoxy groups -OCH3 is 1. The summed E-state index contributed by atoms with van der Waals surface area (Å²) in [7, 11) is -0.947. The van der Waals surface area contributed by atoms with E-state index in [-0.39, 0.29) is 53.4 Å². The molecule has 0 fully saturated rings. The van der Waals surface area contributed by atoms with Gasteiger partial charge in [0.25, 0.3) is 5.91 Å². The highest BCUT2D eigenvalue weighted by Gasteiger charge is 2.33. The summed E-state index contributed by atoms with van der Waals surface area (Å²) in [5, 5.41) is 15.3. The average Bonchev–Trinajstić information content (AvgIpc) is 3.12. The number of hydrogen-bond acceptors (Lipinski definition) is 8. The first kappa shape index (κ1) is 41.4. The van der Waals surface area contributed by atoms with Crippen molar-refractivity contribution in [2.45, 2.75) is 69.4 Å². The number of ether oxygens (including phenoxy) is 3. The van der Waals surface area contributed by atoms with E-state index in [4.69, 9.17) is 14.2 Å². The predicted molar refractivity (Wildman–Crippen MR) is 194 cm³/mol. The van der Waals surface area contributed by atoms with Gasteiger partial charge in [0.1, 0.15) is 11.5 Å². The minimum atomic E-state index is -4.52. The van der Waals surface area contributed by atoms with Gasteiger partial charge in [0.15, 0.2) is 0 Å². The van der Waals surface area contributed by atoms with Crippen LogP contribution >= 0.6 is 0 Å². The quantitative estimate of drug-likeness (QED) is 0.225. The smallest absolute Gasteiger partial charge is 0.416 e. The molecule has 1 aliphatic heterocycles. The molecule has 0 spiro atoms. The molecule has 1 aliphatic rings. The van der Waals surface area contributed by atoms with Crippen LogP contribution in [0.2, 0.25) is 0 Å². The highest BCUT2D eigenvalue weighted by atomic mass is 32.2. The Morgan fingerprint density at radius 2 is 1.68 bits per heavy atom. The predicted octanol–water partition coefficient (Wildman–Crippen LogP) is 6.47. The number of fused-ring (bicyclic) bond motifs is 1. The number of benzene rings is 3. The van der Waals surface area contributed by atoms with Gasteiger partial charge in [-0.2, -0.15) is 17.5 Å². The van der Waals surface area contributed by atoms with Crippen molar-refractivity contribution in [2.24, 2.45) is 5.92 Å². The van der Waals surface area contributed by atoms with E-state index < -0.39 is 51.8 Å². The van der Waals surface area contributed by atoms with Gasteiger partial charge in [-0.15, -0.1) is 0 Å². The van der Waals surface area contributed by atoms with Gasteiger partial charge in [-0.25, -0.2) is 13.2 Å². The van der Waals surface area contributed by atoms with Crippen molar-refractivity contribution in [3.63, 3.8) is 0 Å². The van der Waals surface area contributed by atoms with Crippen LogP contribution in [0.15, 0.2) is 71.6 Å². The van der Waals surface area contributed by atoms with E-state index in [2.05, 4.69) is 10.6 Å². The Balaban J connectivity index is 1.60. The second-order valence-corrected chi connectivity index (χ2v) is 15.2. The highest BCUT2D eigenvalue weighted by Crippen LogP contribution is 2.31. The lowest BCUT2D eigenvalue weighted by molar-refractivity contribution is -0.137. The average molecular weight is 765 g/mol. The van der Waals surface area contributed by atoms with Crippen LogP contribution in [-0.2, 0) is 20.9 Å². The number of likely N-dealkylation sites (N-methyl/N-ethyl adjacent to an activating group) is 1. The van der Waals surface area contributed by atoms with Crippen molar-refractivity contribution in [1.29, 1.82) is 0 Å². The zero-order valence-corrected chi connectivity index (χ0v) is 31.2. The largest absolute Gasteiger partial charge is 0.497 e. The summed E-state index contributed by atoms with van der Waals surface area (Å²) >= 11 is 0. The van der Waals surface area contributed by atoms with Gasteiger partial charge in [0.05, 0.1) is 48.0 Å². The molecule has 0 bridgehead atoms. The van der Waals surface area contributed by atoms with Crippen molar-refractivity contribution < 1.29 is 50.5 Å². The van der Waals surface area contributed by atoms with Crippen molar-refractivity contribution in [1.82, 2.24) is 9.21 Å². The lowest BCUT2D eigenvalue weighted by atomic mass is 10.0. The van der Waals surface area contributed by atoms with E-state index in [1.807, 2.05) is 13.8 Å². The number of carbonyl (C=O) groups is 2. The molecule has 3 N–H and O–H groups in total. The molecule has 3 amide bonds. The zero-order valence-electron chi connectivity index (χ0n) is 30.4. The number of rotatable bonds is 9. The number of urea groups is 1. The third kappa shape index (κ3) is 11.1. The molecule has 0 saturated heterocycles. The number of sulfonamides is 1. The Kier molecular flexibility index (Phi) is 14.1. The lowest BCUT2D eigenvalue weighted by Crippen LogP contribution is -2.48. The number of halogens is 3. The number of aliphatic hydroxyl groups is 1. The van der Waals surface area contributed by atoms with E-state index in [9.17, 15) is 36.3 Å². The van der Waals surface area contributed by atoms with Gasteiger partial charge in [-0.3, -0.25) is 4.79 Å². The highest BCUT2D eigenvalue weighted by molar-refractivity contribution is 7.89. The molecule has 0 saturated carbocycles. The maximum atomic E-state index is 14.4. The van der Waals surface area contributed by atoms with Gasteiger partial charge in [0, 0.05) is 44.0 Å². The molecule has 3 aromatic rings. The number of anilines is 2. The van der Waals surface area contributed by atoms with Gasteiger partial charge in [0.2, 0.25) is 10.0 Å². The van der Waals surface area contributed by atoms with E-state index >= 15 is 0 Å². The number of nitrogens with one attached hydrogen (secondary N) is 2. The minimum Gasteiger partial charge on any atom is -0.497 e. The molecule has 0 aromatic heterocycles. The van der Waals surface area contributed by atoms with Crippen LogP contribution in [0.1, 0.15) is 56.0 Å². The lowest BCUT2D eigenvalue weighted by Gasteiger charge is -2.35. The number of carbonyl (C=O) groups excluding carboxylic acids is 2. The topological polar surface area (TPSA) is 147 Å². The van der Waals surface area contributed by atoms with E-state index in [1.54, 1.807) is 31.2 Å². The Morgan fingerprint density at radius 3 is 2.30 bits per heavy atom. The maximum Gasteiger partial charge on any atom is 0.416 e.